The summed E-state index contributed by atoms with van der Waals surface area (Å²) in [6, 6.07) is 7.19. The summed E-state index contributed by atoms with van der Waals surface area (Å²) in [6.45, 7) is 13.1. The Morgan fingerprint density at radius 1 is 1.02 bits per heavy atom. The zero-order valence-corrected chi connectivity index (χ0v) is 25.6. The topological polar surface area (TPSA) is 100 Å². The number of ether oxygens (including phenoxy) is 1. The number of fused-ring (bicyclic) bond motifs is 1. The maximum absolute atomic E-state index is 12.5. The van der Waals surface area contributed by atoms with E-state index in [1.165, 1.54) is 25.2 Å². The van der Waals surface area contributed by atoms with Crippen molar-refractivity contribution in [3.63, 3.8) is 0 Å². The second-order valence-electron chi connectivity index (χ2n) is 13.9. The average molecular weight is 579 g/mol. The molecule has 4 saturated heterocycles. The number of benzene rings is 1. The van der Waals surface area contributed by atoms with Crippen molar-refractivity contribution in [2.45, 2.75) is 82.8 Å². The van der Waals surface area contributed by atoms with Gasteiger partial charge in [-0.05, 0) is 89.4 Å². The average Bonchev–Trinajstić information content (AvgIpc) is 3.25. The number of rotatable bonds is 5. The molecule has 2 aromatic rings. The molecule has 5 heterocycles. The Morgan fingerprint density at radius 2 is 1.74 bits per heavy atom. The number of imide groups is 1. The van der Waals surface area contributed by atoms with Crippen LogP contribution in [0.1, 0.15) is 82.4 Å². The van der Waals surface area contributed by atoms with E-state index < -0.39 is 5.60 Å². The highest BCUT2D eigenvalue weighted by Crippen LogP contribution is 2.35. The number of carbonyl (C=O) groups excluding carboxylic acids is 3. The Kier molecular flexibility index (Phi) is 8.04. The number of hydrogen-bond acceptors (Lipinski definition) is 7. The van der Waals surface area contributed by atoms with Crippen LogP contribution in [0.3, 0.4) is 0 Å². The molecule has 228 valence electrons. The van der Waals surface area contributed by atoms with Crippen molar-refractivity contribution in [2.75, 3.05) is 45.8 Å². The van der Waals surface area contributed by atoms with Crippen molar-refractivity contribution in [1.82, 2.24) is 29.8 Å². The van der Waals surface area contributed by atoms with Gasteiger partial charge >= 0.3 is 6.09 Å². The molecular weight excluding hydrogens is 532 g/mol. The summed E-state index contributed by atoms with van der Waals surface area (Å²) in [7, 11) is 1.94. The molecule has 0 radical (unpaired) electrons. The fraction of sp³-hybridized carbons (Fsp3) is 0.688. The first-order chi connectivity index (χ1) is 20.0. The summed E-state index contributed by atoms with van der Waals surface area (Å²) >= 11 is 0. The van der Waals surface area contributed by atoms with Gasteiger partial charge in [0.15, 0.2) is 0 Å². The van der Waals surface area contributed by atoms with Crippen LogP contribution < -0.4 is 5.32 Å². The molecule has 1 aromatic carbocycles. The van der Waals surface area contributed by atoms with Gasteiger partial charge in [0.2, 0.25) is 11.8 Å². The van der Waals surface area contributed by atoms with Gasteiger partial charge in [-0.25, -0.2) is 4.79 Å². The molecule has 0 aliphatic carbocycles. The Hall–Kier alpha value is -2.98. The van der Waals surface area contributed by atoms with Gasteiger partial charge in [0.1, 0.15) is 5.60 Å². The number of aromatic nitrogens is 2. The van der Waals surface area contributed by atoms with Crippen LogP contribution in [-0.2, 0) is 21.4 Å². The maximum Gasteiger partial charge on any atom is 0.410 e. The number of aryl methyl sites for hydroxylation is 1. The summed E-state index contributed by atoms with van der Waals surface area (Å²) in [5.41, 5.74) is 2.75. The minimum Gasteiger partial charge on any atom is -0.444 e. The van der Waals surface area contributed by atoms with Gasteiger partial charge in [-0.15, -0.1) is 0 Å². The Morgan fingerprint density at radius 3 is 2.40 bits per heavy atom. The molecule has 0 spiro atoms. The standard InChI is InChI=1S/C32H46N6O4/c1-32(2,3)42-31(41)37-15-11-24(12-16-37)38-19-21(20-38)18-36-13-9-22(10-14-36)23-5-6-25-27(17-23)35(4)34-29(25)26-7-8-28(39)33-30(26)40/h5-6,17,21-22,24,26H,7-16,18-20H2,1-4H3,(H,33,39,40). The monoisotopic (exact) mass is 578 g/mol. The molecule has 1 unspecified atom stereocenters. The molecule has 10 heteroatoms. The van der Waals surface area contributed by atoms with Crippen LogP contribution in [0.25, 0.3) is 10.9 Å². The minimum absolute atomic E-state index is 0.178. The van der Waals surface area contributed by atoms with Crippen LogP contribution in [0.4, 0.5) is 4.79 Å². The number of amides is 3. The molecule has 0 saturated carbocycles. The molecular formula is C32H46N6O4. The maximum atomic E-state index is 12.5. The van der Waals surface area contributed by atoms with Gasteiger partial charge in [-0.3, -0.25) is 24.5 Å². The fourth-order valence-corrected chi connectivity index (χ4v) is 7.35. The van der Waals surface area contributed by atoms with E-state index in [2.05, 4.69) is 33.3 Å². The zero-order valence-electron chi connectivity index (χ0n) is 25.6. The van der Waals surface area contributed by atoms with Crippen molar-refractivity contribution in [2.24, 2.45) is 13.0 Å². The zero-order chi connectivity index (χ0) is 29.6. The normalized spacial score (nSPS) is 24.2. The van der Waals surface area contributed by atoms with Crippen LogP contribution in [0.2, 0.25) is 0 Å². The number of carbonyl (C=O) groups is 3. The Labute approximate surface area is 248 Å². The fourth-order valence-electron chi connectivity index (χ4n) is 7.35. The van der Waals surface area contributed by atoms with Crippen LogP contribution in [0, 0.1) is 5.92 Å². The van der Waals surface area contributed by atoms with Crippen LogP contribution in [0.15, 0.2) is 18.2 Å². The molecule has 1 atom stereocenters. The number of hydrogen-bond donors (Lipinski definition) is 1. The van der Waals surface area contributed by atoms with Gasteiger partial charge in [0.05, 0.1) is 17.1 Å². The summed E-state index contributed by atoms with van der Waals surface area (Å²) in [6.07, 6.45) is 5.08. The van der Waals surface area contributed by atoms with Crippen molar-refractivity contribution < 1.29 is 19.1 Å². The van der Waals surface area contributed by atoms with Gasteiger partial charge < -0.3 is 14.5 Å². The molecule has 0 bridgehead atoms. The number of nitrogens with zero attached hydrogens (tertiary/aromatic N) is 5. The van der Waals surface area contributed by atoms with E-state index in [1.807, 2.05) is 37.4 Å². The lowest BCUT2D eigenvalue weighted by Crippen LogP contribution is -2.58. The van der Waals surface area contributed by atoms with E-state index in [-0.39, 0.29) is 23.8 Å². The van der Waals surface area contributed by atoms with E-state index in [0.717, 1.165) is 74.4 Å². The summed E-state index contributed by atoms with van der Waals surface area (Å²) in [5, 5.41) is 8.19. The van der Waals surface area contributed by atoms with E-state index in [0.29, 0.717) is 24.8 Å². The van der Waals surface area contributed by atoms with Crippen molar-refractivity contribution in [1.29, 1.82) is 0 Å². The van der Waals surface area contributed by atoms with Crippen LogP contribution >= 0.6 is 0 Å². The summed E-state index contributed by atoms with van der Waals surface area (Å²) in [5.74, 6) is 0.473. The predicted molar refractivity (Wildman–Crippen MR) is 160 cm³/mol. The number of likely N-dealkylation sites (tertiary alicyclic amines) is 3. The van der Waals surface area contributed by atoms with E-state index in [4.69, 9.17) is 9.84 Å². The molecule has 3 amide bonds. The van der Waals surface area contributed by atoms with E-state index in [9.17, 15) is 14.4 Å². The first-order valence-corrected chi connectivity index (χ1v) is 15.8. The van der Waals surface area contributed by atoms with E-state index >= 15 is 0 Å². The van der Waals surface area contributed by atoms with Gasteiger partial charge in [-0.1, -0.05) is 12.1 Å². The number of nitrogens with one attached hydrogen (secondary N) is 1. The molecule has 4 fully saturated rings. The third kappa shape index (κ3) is 6.20. The van der Waals surface area contributed by atoms with Gasteiger partial charge in [-0.2, -0.15) is 5.10 Å². The molecule has 4 aliphatic heterocycles. The highest BCUT2D eigenvalue weighted by atomic mass is 16.6. The Balaban J connectivity index is 0.957. The van der Waals surface area contributed by atoms with Crippen molar-refractivity contribution in [3.8, 4) is 0 Å². The predicted octanol–water partition coefficient (Wildman–Crippen LogP) is 3.60. The molecule has 4 aliphatic rings. The lowest BCUT2D eigenvalue weighted by Gasteiger charge is -2.48. The third-order valence-electron chi connectivity index (χ3n) is 9.67. The smallest absolute Gasteiger partial charge is 0.410 e. The van der Waals surface area contributed by atoms with Gasteiger partial charge in [0.25, 0.3) is 0 Å². The minimum atomic E-state index is -0.441. The number of piperidine rings is 3. The van der Waals surface area contributed by atoms with Gasteiger partial charge in [0, 0.05) is 57.6 Å². The quantitative estimate of drug-likeness (QED) is 0.541. The highest BCUT2D eigenvalue weighted by molar-refractivity contribution is 6.02. The third-order valence-corrected chi connectivity index (χ3v) is 9.67. The Bertz CT molecular complexity index is 1330. The molecule has 42 heavy (non-hydrogen) atoms. The first kappa shape index (κ1) is 29.1. The van der Waals surface area contributed by atoms with Crippen molar-refractivity contribution in [3.05, 3.63) is 29.5 Å². The summed E-state index contributed by atoms with van der Waals surface area (Å²) < 4.78 is 7.43. The van der Waals surface area contributed by atoms with Crippen LogP contribution in [-0.4, -0.2) is 99.8 Å². The first-order valence-electron chi connectivity index (χ1n) is 15.8. The second-order valence-corrected chi connectivity index (χ2v) is 13.9. The largest absolute Gasteiger partial charge is 0.444 e. The highest BCUT2D eigenvalue weighted by Gasteiger charge is 2.37. The SMILES string of the molecule is Cn1nc(C2CCC(=O)NC2=O)c2ccc(C3CCN(CC4CN(C5CCN(C(=O)OC(C)(C)C)CC5)C4)CC3)cc21. The molecule has 6 rings (SSSR count). The van der Waals surface area contributed by atoms with Crippen LogP contribution in [0.5, 0.6) is 0 Å². The molecule has 1 aromatic heterocycles. The molecule has 10 nitrogen and oxygen atoms in total. The lowest BCUT2D eigenvalue weighted by atomic mass is 9.87. The molecule has 1 N–H and O–H groups in total. The summed E-state index contributed by atoms with van der Waals surface area (Å²) in [4.78, 5) is 43.6. The van der Waals surface area contributed by atoms with E-state index in [1.54, 1.807) is 0 Å². The second kappa shape index (κ2) is 11.6. The lowest BCUT2D eigenvalue weighted by molar-refractivity contribution is -0.134. The van der Waals surface area contributed by atoms with Crippen molar-refractivity contribution >= 4 is 28.8 Å².